The summed E-state index contributed by atoms with van der Waals surface area (Å²) < 4.78 is 0. The van der Waals surface area contributed by atoms with E-state index in [0.717, 1.165) is 30.6 Å². The summed E-state index contributed by atoms with van der Waals surface area (Å²) in [5.41, 5.74) is 1.80. The van der Waals surface area contributed by atoms with E-state index in [4.69, 9.17) is 9.59 Å². The molecule has 0 bridgehead atoms. The molecule has 0 spiro atoms. The molecule has 0 aliphatic heterocycles. The van der Waals surface area contributed by atoms with Crippen LogP contribution in [0.1, 0.15) is 27.7 Å². The second-order valence-corrected chi connectivity index (χ2v) is 8.63. The van der Waals surface area contributed by atoms with Crippen molar-refractivity contribution in [2.75, 3.05) is 25.4 Å². The summed E-state index contributed by atoms with van der Waals surface area (Å²) in [5, 5.41) is 4.50. The molecule has 0 aliphatic rings. The molecule has 3 nitrogen and oxygen atoms in total. The van der Waals surface area contributed by atoms with Crippen LogP contribution in [-0.2, 0) is 26.7 Å². The smallest absolute Gasteiger partial charge is 0.659 e. The first-order valence-electron chi connectivity index (χ1n) is 5.75. The zero-order valence-electron chi connectivity index (χ0n) is 11.9. The van der Waals surface area contributed by atoms with Crippen LogP contribution in [0.4, 0.5) is 0 Å². The van der Waals surface area contributed by atoms with E-state index in [1.165, 1.54) is 6.16 Å². The van der Waals surface area contributed by atoms with Crippen molar-refractivity contribution in [3.05, 3.63) is 5.32 Å². The number of hydrogen-bond acceptors (Lipinski definition) is 2. The van der Waals surface area contributed by atoms with E-state index in [9.17, 15) is 0 Å². The maximum Gasteiger partial charge on any atom is 3.00 e. The quantitative estimate of drug-likeness (QED) is 0.236. The van der Waals surface area contributed by atoms with E-state index in [2.05, 4.69) is 55.8 Å². The van der Waals surface area contributed by atoms with Crippen molar-refractivity contribution in [2.45, 2.75) is 39.0 Å². The Bertz CT molecular complexity index is 142. The molecule has 0 aromatic rings. The molecule has 18 heavy (non-hydrogen) atoms. The molecule has 0 rings (SSSR count). The third-order valence-corrected chi connectivity index (χ3v) is 6.35. The van der Waals surface area contributed by atoms with E-state index < -0.39 is 0 Å². The van der Waals surface area contributed by atoms with Gasteiger partial charge in [0.2, 0.25) is 0 Å². The second-order valence-electron chi connectivity index (χ2n) is 4.09. The SMILES string of the molecule is CC(C)[PH+](CC[N-]CCP)C(C)C.[CH-]=O.[CH-]=O.[Mn+3]. The largest absolute Gasteiger partial charge is 3.00 e. The summed E-state index contributed by atoms with van der Waals surface area (Å²) in [6.45, 7) is 18.1. The van der Waals surface area contributed by atoms with Crippen molar-refractivity contribution in [1.29, 1.82) is 0 Å². The first-order chi connectivity index (χ1) is 8.09. The summed E-state index contributed by atoms with van der Waals surface area (Å²) in [4.78, 5) is 15.5. The van der Waals surface area contributed by atoms with E-state index >= 15 is 0 Å². The normalized spacial score (nSPS) is 9.11. The van der Waals surface area contributed by atoms with Gasteiger partial charge >= 0.3 is 17.1 Å². The average molecular weight is 334 g/mol. The minimum atomic E-state index is -0.160. The standard InChI is InChI=1S/C10H24NP2.2CHO.Mn/c1-9(2)13(10(3)4)8-6-11-5-7-12;2*1-2;/h9-10H,5-8,12H2,1-4H3;2*1H;/q3*-1;+3/p+1. The topological polar surface area (TPSA) is 48.2 Å². The number of rotatable bonds is 7. The van der Waals surface area contributed by atoms with Gasteiger partial charge in [-0.15, -0.1) is 22.3 Å². The Morgan fingerprint density at radius 1 is 1.00 bits per heavy atom. The van der Waals surface area contributed by atoms with E-state index in [-0.39, 0.29) is 25.0 Å². The van der Waals surface area contributed by atoms with Crippen molar-refractivity contribution >= 4 is 30.7 Å². The number of carbonyl (C=O) groups excluding carboxylic acids is 2. The van der Waals surface area contributed by atoms with Gasteiger partial charge in [-0.25, -0.2) is 0 Å². The van der Waals surface area contributed by atoms with Gasteiger partial charge in [0.15, 0.2) is 0 Å². The van der Waals surface area contributed by atoms with Crippen molar-refractivity contribution < 1.29 is 26.7 Å². The van der Waals surface area contributed by atoms with Gasteiger partial charge in [0.1, 0.15) is 0 Å². The Kier molecular flexibility index (Phi) is 34.4. The Balaban J connectivity index is -0.000000177. The monoisotopic (exact) mass is 334 g/mol. The third kappa shape index (κ3) is 19.0. The van der Waals surface area contributed by atoms with Crippen LogP contribution in [-0.4, -0.2) is 50.3 Å². The van der Waals surface area contributed by atoms with Crippen molar-refractivity contribution in [3.63, 3.8) is 0 Å². The molecule has 1 atom stereocenters. The minimum absolute atomic E-state index is 0. The van der Waals surface area contributed by atoms with Crippen molar-refractivity contribution in [2.24, 2.45) is 0 Å². The van der Waals surface area contributed by atoms with Gasteiger partial charge < -0.3 is 14.9 Å². The van der Waals surface area contributed by atoms with Crippen LogP contribution in [0.5, 0.6) is 0 Å². The fourth-order valence-corrected chi connectivity index (χ4v) is 4.74. The van der Waals surface area contributed by atoms with Gasteiger partial charge in [0, 0.05) is 14.1 Å². The molecular formula is C12H27MnNO2P2+. The molecule has 0 N–H and O–H groups in total. The number of hydrogen-bond donors (Lipinski definition) is 0. The van der Waals surface area contributed by atoms with Crippen LogP contribution in [0, 0.1) is 0 Å². The molecule has 108 valence electrons. The van der Waals surface area contributed by atoms with Gasteiger partial charge in [0.25, 0.3) is 0 Å². The fraction of sp³-hybridized carbons (Fsp3) is 0.833. The van der Waals surface area contributed by atoms with Crippen LogP contribution in [0.25, 0.3) is 5.32 Å². The average Bonchev–Trinajstić information content (AvgIpc) is 2.33. The maximum absolute atomic E-state index is 7.75. The number of nitrogens with zero attached hydrogens (tertiary/aromatic N) is 1. The third-order valence-electron chi connectivity index (χ3n) is 2.33. The van der Waals surface area contributed by atoms with E-state index in [1.54, 1.807) is 0 Å². The van der Waals surface area contributed by atoms with Crippen LogP contribution in [0.15, 0.2) is 0 Å². The van der Waals surface area contributed by atoms with Crippen molar-refractivity contribution in [3.8, 4) is 0 Å². The molecule has 0 saturated heterocycles. The predicted octanol–water partition coefficient (Wildman–Crippen LogP) is 2.72. The van der Waals surface area contributed by atoms with Gasteiger partial charge in [-0.2, -0.15) is 0 Å². The molecule has 0 saturated carbocycles. The summed E-state index contributed by atoms with van der Waals surface area (Å²) >= 11 is 0. The Labute approximate surface area is 127 Å². The second kappa shape index (κ2) is 22.8. The van der Waals surface area contributed by atoms with Crippen LogP contribution in [0.3, 0.4) is 0 Å². The molecule has 0 aromatic heterocycles. The molecular weight excluding hydrogens is 307 g/mol. The zero-order chi connectivity index (χ0) is 14.3. The van der Waals surface area contributed by atoms with Crippen LogP contribution >= 0.6 is 17.2 Å². The summed E-state index contributed by atoms with van der Waals surface area (Å²) in [5.74, 6) is 0. The molecule has 0 heterocycles. The van der Waals surface area contributed by atoms with Crippen molar-refractivity contribution in [1.82, 2.24) is 0 Å². The fourth-order valence-electron chi connectivity index (χ4n) is 1.66. The van der Waals surface area contributed by atoms with Gasteiger partial charge in [-0.05, 0) is 27.7 Å². The summed E-state index contributed by atoms with van der Waals surface area (Å²) in [6.07, 6.45) is 2.48. The van der Waals surface area contributed by atoms with Gasteiger partial charge in [-0.1, -0.05) is 6.16 Å². The van der Waals surface area contributed by atoms with Gasteiger partial charge in [-0.3, -0.25) is 13.6 Å². The molecule has 6 heteroatoms. The van der Waals surface area contributed by atoms with Crippen LogP contribution < -0.4 is 0 Å². The van der Waals surface area contributed by atoms with Gasteiger partial charge in [0.05, 0.1) is 11.3 Å². The molecule has 0 radical (unpaired) electrons. The Hall–Kier alpha value is 0.679. The first-order valence-corrected chi connectivity index (χ1v) is 8.43. The Morgan fingerprint density at radius 2 is 1.39 bits per heavy atom. The molecule has 0 aromatic carbocycles. The maximum atomic E-state index is 7.75. The Morgan fingerprint density at radius 3 is 1.67 bits per heavy atom. The molecule has 0 amide bonds. The summed E-state index contributed by atoms with van der Waals surface area (Å²) in [6, 6.07) is 0. The first kappa shape index (κ1) is 27.1. The minimum Gasteiger partial charge on any atom is -0.659 e. The van der Waals surface area contributed by atoms with E-state index in [0.29, 0.717) is 0 Å². The summed E-state index contributed by atoms with van der Waals surface area (Å²) in [7, 11) is 2.57. The molecule has 0 fully saturated rings. The molecule has 1 unspecified atom stereocenters. The van der Waals surface area contributed by atoms with Crippen LogP contribution in [0.2, 0.25) is 0 Å². The molecule has 0 aliphatic carbocycles. The zero-order valence-corrected chi connectivity index (χ0v) is 15.2. The predicted molar refractivity (Wildman–Crippen MR) is 84.6 cm³/mol. The van der Waals surface area contributed by atoms with E-state index in [1.807, 2.05) is 0 Å².